The predicted molar refractivity (Wildman–Crippen MR) is 100 cm³/mol. The first-order valence-electron chi connectivity index (χ1n) is 10.1. The van der Waals surface area contributed by atoms with Crippen LogP contribution in [0.4, 0.5) is 0 Å². The third kappa shape index (κ3) is 5.28. The van der Waals surface area contributed by atoms with Gasteiger partial charge in [0.2, 0.25) is 5.91 Å². The van der Waals surface area contributed by atoms with Crippen LogP contribution in [0.25, 0.3) is 0 Å². The minimum atomic E-state index is -0.0871. The zero-order valence-electron chi connectivity index (χ0n) is 16.5. The second kappa shape index (κ2) is 9.30. The minimum Gasteiger partial charge on any atom is -0.378 e. The van der Waals surface area contributed by atoms with Crippen LogP contribution in [0.3, 0.4) is 0 Å². The Kier molecular flexibility index (Phi) is 6.82. The maximum absolute atomic E-state index is 12.5. The van der Waals surface area contributed by atoms with Crippen molar-refractivity contribution in [3.63, 3.8) is 0 Å². The van der Waals surface area contributed by atoms with Gasteiger partial charge >= 0.3 is 0 Å². The number of amides is 2. The van der Waals surface area contributed by atoms with Crippen molar-refractivity contribution < 1.29 is 14.3 Å². The number of aromatic nitrogens is 3. The predicted octanol–water partition coefficient (Wildman–Crippen LogP) is 1.57. The molecule has 8 heteroatoms. The summed E-state index contributed by atoms with van der Waals surface area (Å²) in [4.78, 5) is 28.8. The third-order valence-corrected chi connectivity index (χ3v) is 5.28. The first kappa shape index (κ1) is 19.8. The van der Waals surface area contributed by atoms with Crippen molar-refractivity contribution >= 4 is 11.8 Å². The van der Waals surface area contributed by atoms with Gasteiger partial charge in [-0.3, -0.25) is 14.3 Å². The fourth-order valence-electron chi connectivity index (χ4n) is 3.81. The molecule has 0 saturated carbocycles. The molecule has 3 rings (SSSR count). The third-order valence-electron chi connectivity index (χ3n) is 5.28. The average Bonchev–Trinajstić information content (AvgIpc) is 3.15. The zero-order chi connectivity index (χ0) is 19.2. The van der Waals surface area contributed by atoms with E-state index in [-0.39, 0.29) is 17.9 Å². The molecule has 1 unspecified atom stereocenters. The number of ether oxygens (including phenoxy) is 1. The number of nitrogens with zero attached hydrogens (tertiary/aromatic N) is 5. The SMILES string of the molecule is CC(C)CC(=O)N1CCCCC1CCn1cc(C(=O)N2CCOCC2)nn1. The van der Waals surface area contributed by atoms with Gasteiger partial charge in [-0.05, 0) is 31.6 Å². The van der Waals surface area contributed by atoms with Crippen molar-refractivity contribution in [2.75, 3.05) is 32.8 Å². The summed E-state index contributed by atoms with van der Waals surface area (Å²) in [6, 6.07) is 0.257. The van der Waals surface area contributed by atoms with E-state index in [4.69, 9.17) is 4.74 Å². The first-order chi connectivity index (χ1) is 13.0. The van der Waals surface area contributed by atoms with Gasteiger partial charge in [-0.25, -0.2) is 0 Å². The number of morpholine rings is 1. The highest BCUT2D eigenvalue weighted by Gasteiger charge is 2.27. The van der Waals surface area contributed by atoms with Crippen molar-refractivity contribution in [3.05, 3.63) is 11.9 Å². The molecule has 0 aromatic carbocycles. The Balaban J connectivity index is 1.55. The first-order valence-corrected chi connectivity index (χ1v) is 10.1. The van der Waals surface area contributed by atoms with Crippen molar-refractivity contribution in [2.24, 2.45) is 5.92 Å². The highest BCUT2D eigenvalue weighted by molar-refractivity contribution is 5.92. The maximum atomic E-state index is 12.5. The Morgan fingerprint density at radius 3 is 2.74 bits per heavy atom. The summed E-state index contributed by atoms with van der Waals surface area (Å²) in [6.45, 7) is 8.03. The fourth-order valence-corrected chi connectivity index (χ4v) is 3.81. The molecule has 8 nitrogen and oxygen atoms in total. The lowest BCUT2D eigenvalue weighted by Crippen LogP contribution is -2.44. The number of hydrogen-bond acceptors (Lipinski definition) is 5. The highest BCUT2D eigenvalue weighted by Crippen LogP contribution is 2.22. The van der Waals surface area contributed by atoms with Crippen LogP contribution in [0, 0.1) is 5.92 Å². The number of aryl methyl sites for hydroxylation is 1. The van der Waals surface area contributed by atoms with Crippen LogP contribution in [-0.4, -0.2) is 75.5 Å². The van der Waals surface area contributed by atoms with Gasteiger partial charge in [0.1, 0.15) is 0 Å². The number of piperidine rings is 1. The Morgan fingerprint density at radius 2 is 2.00 bits per heavy atom. The van der Waals surface area contributed by atoms with E-state index in [2.05, 4.69) is 29.1 Å². The summed E-state index contributed by atoms with van der Waals surface area (Å²) in [5.74, 6) is 0.552. The number of carbonyl (C=O) groups excluding carboxylic acids is 2. The smallest absolute Gasteiger partial charge is 0.276 e. The molecule has 1 aromatic rings. The van der Waals surface area contributed by atoms with Crippen LogP contribution < -0.4 is 0 Å². The second-order valence-electron chi connectivity index (χ2n) is 7.89. The van der Waals surface area contributed by atoms with Crippen molar-refractivity contribution in [1.82, 2.24) is 24.8 Å². The zero-order valence-corrected chi connectivity index (χ0v) is 16.5. The summed E-state index contributed by atoms with van der Waals surface area (Å²) in [7, 11) is 0. The molecule has 2 aliphatic rings. The van der Waals surface area contributed by atoms with Crippen molar-refractivity contribution in [3.8, 4) is 0 Å². The largest absolute Gasteiger partial charge is 0.378 e. The molecule has 0 bridgehead atoms. The van der Waals surface area contributed by atoms with Gasteiger partial charge < -0.3 is 14.5 Å². The Hall–Kier alpha value is -1.96. The van der Waals surface area contributed by atoms with Crippen LogP contribution in [0.5, 0.6) is 0 Å². The molecule has 0 radical (unpaired) electrons. The average molecular weight is 377 g/mol. The molecular weight excluding hydrogens is 346 g/mol. The van der Waals surface area contributed by atoms with Crippen molar-refractivity contribution in [2.45, 2.75) is 58.5 Å². The van der Waals surface area contributed by atoms with Crippen LogP contribution in [0.15, 0.2) is 6.20 Å². The molecule has 0 aliphatic carbocycles. The molecular formula is C19H31N5O3. The molecule has 2 amide bonds. The van der Waals surface area contributed by atoms with Gasteiger partial charge in [-0.2, -0.15) is 0 Å². The van der Waals surface area contributed by atoms with E-state index in [1.807, 2.05) is 0 Å². The summed E-state index contributed by atoms with van der Waals surface area (Å²) in [5.41, 5.74) is 0.383. The topological polar surface area (TPSA) is 80.6 Å². The standard InChI is InChI=1S/C19H31N5O3/c1-15(2)13-18(25)24-7-4-3-5-16(24)6-8-23-14-17(20-21-23)19(26)22-9-11-27-12-10-22/h14-16H,3-13H2,1-2H3. The number of hydrogen-bond donors (Lipinski definition) is 0. The van der Waals surface area contributed by atoms with E-state index in [1.54, 1.807) is 15.8 Å². The van der Waals surface area contributed by atoms with E-state index in [1.165, 1.54) is 0 Å². The summed E-state index contributed by atoms with van der Waals surface area (Å²) >= 11 is 0. The second-order valence-corrected chi connectivity index (χ2v) is 7.89. The number of rotatable bonds is 6. The lowest BCUT2D eigenvalue weighted by molar-refractivity contribution is -0.135. The van der Waals surface area contributed by atoms with E-state index in [0.29, 0.717) is 50.9 Å². The molecule has 2 aliphatic heterocycles. The fraction of sp³-hybridized carbons (Fsp3) is 0.789. The highest BCUT2D eigenvalue weighted by atomic mass is 16.5. The molecule has 1 atom stereocenters. The minimum absolute atomic E-state index is 0.0871. The van der Waals surface area contributed by atoms with E-state index < -0.39 is 0 Å². The van der Waals surface area contributed by atoms with Gasteiger partial charge in [0, 0.05) is 38.6 Å². The molecule has 150 valence electrons. The molecule has 1 aromatic heterocycles. The molecule has 2 saturated heterocycles. The Labute approximate surface area is 160 Å². The van der Waals surface area contributed by atoms with Crippen LogP contribution >= 0.6 is 0 Å². The lowest BCUT2D eigenvalue weighted by Gasteiger charge is -2.36. The number of carbonyl (C=O) groups is 2. The summed E-state index contributed by atoms with van der Waals surface area (Å²) < 4.78 is 7.01. The van der Waals surface area contributed by atoms with Gasteiger partial charge in [0.25, 0.3) is 5.91 Å². The monoisotopic (exact) mass is 377 g/mol. The van der Waals surface area contributed by atoms with Crippen LogP contribution in [-0.2, 0) is 16.1 Å². The molecule has 0 N–H and O–H groups in total. The van der Waals surface area contributed by atoms with Crippen LogP contribution in [0.2, 0.25) is 0 Å². The Morgan fingerprint density at radius 1 is 1.22 bits per heavy atom. The van der Waals surface area contributed by atoms with E-state index in [0.717, 1.165) is 32.2 Å². The summed E-state index contributed by atoms with van der Waals surface area (Å²) in [6.07, 6.45) is 6.46. The van der Waals surface area contributed by atoms with E-state index in [9.17, 15) is 9.59 Å². The van der Waals surface area contributed by atoms with E-state index >= 15 is 0 Å². The van der Waals surface area contributed by atoms with Crippen molar-refractivity contribution in [1.29, 1.82) is 0 Å². The summed E-state index contributed by atoms with van der Waals surface area (Å²) in [5, 5.41) is 8.17. The number of likely N-dealkylation sites (tertiary alicyclic amines) is 1. The van der Waals surface area contributed by atoms with Gasteiger partial charge in [-0.1, -0.05) is 19.1 Å². The quantitative estimate of drug-likeness (QED) is 0.752. The maximum Gasteiger partial charge on any atom is 0.276 e. The lowest BCUT2D eigenvalue weighted by atomic mass is 9.97. The van der Waals surface area contributed by atoms with Crippen LogP contribution in [0.1, 0.15) is 56.4 Å². The molecule has 3 heterocycles. The Bertz CT molecular complexity index is 639. The molecule has 0 spiro atoms. The normalized spacial score (nSPS) is 20.9. The van der Waals surface area contributed by atoms with Gasteiger partial charge in [0.15, 0.2) is 5.69 Å². The molecule has 2 fully saturated rings. The molecule has 27 heavy (non-hydrogen) atoms. The van der Waals surface area contributed by atoms with Gasteiger partial charge in [0.05, 0.1) is 19.4 Å². The van der Waals surface area contributed by atoms with Gasteiger partial charge in [-0.15, -0.1) is 5.10 Å².